The second kappa shape index (κ2) is 30.2. The molecule has 101 heavy (non-hydrogen) atoms. The number of fused-ring (bicyclic) bond motifs is 16. The van der Waals surface area contributed by atoms with Crippen LogP contribution in [0.15, 0.2) is 78.9 Å². The Morgan fingerprint density at radius 1 is 0.703 bits per heavy atom. The largest absolute Gasteiger partial charge is 0.508 e. The van der Waals surface area contributed by atoms with Crippen LogP contribution in [0.2, 0.25) is 10.0 Å². The van der Waals surface area contributed by atoms with E-state index >= 15 is 9.59 Å². The van der Waals surface area contributed by atoms with Crippen LogP contribution in [0.3, 0.4) is 0 Å². The van der Waals surface area contributed by atoms with E-state index in [4.69, 9.17) is 57.4 Å². The molecule has 2 saturated heterocycles. The molecule has 6 amide bonds. The number of hydrogen-bond donors (Lipinski definition) is 19. The number of halogens is 2. The number of ether oxygens (including phenoxy) is 6. The van der Waals surface area contributed by atoms with Gasteiger partial charge in [-0.25, -0.2) is 9.59 Å². The Morgan fingerprint density at radius 2 is 1.32 bits per heavy atom. The zero-order valence-electron chi connectivity index (χ0n) is 54.2. The Balaban J connectivity index is 1.23. The van der Waals surface area contributed by atoms with Crippen LogP contribution in [-0.2, 0) is 52.6 Å². The summed E-state index contributed by atoms with van der Waals surface area (Å²) in [5.41, 5.74) is 2.21. The molecule has 35 heteroatoms. The number of carboxylic acid groups (broad SMARTS) is 2. The van der Waals surface area contributed by atoms with E-state index in [9.17, 15) is 84.9 Å². The van der Waals surface area contributed by atoms with E-state index in [0.29, 0.717) is 0 Å². The van der Waals surface area contributed by atoms with Gasteiger partial charge in [0.15, 0.2) is 29.9 Å². The monoisotopic (exact) mass is 1450 g/mol. The number of carbonyl (C=O) groups excluding carboxylic acids is 6. The minimum atomic E-state index is -2.32. The molecule has 7 heterocycles. The van der Waals surface area contributed by atoms with Gasteiger partial charge in [0.05, 0.1) is 41.3 Å². The molecule has 2 unspecified atom stereocenters. The Bertz CT molecular complexity index is 4070. The maximum Gasteiger partial charge on any atom is 0.330 e. The number of aliphatic hydroxyl groups excluding tert-OH is 6. The highest BCUT2D eigenvalue weighted by Crippen LogP contribution is 2.50. The topological polar surface area (TPSA) is 525 Å². The van der Waals surface area contributed by atoms with Crippen LogP contribution >= 0.6 is 23.2 Å². The number of hydrogen-bond acceptors (Lipinski definition) is 25. The maximum atomic E-state index is 15.9. The second-order valence-electron chi connectivity index (χ2n) is 25.6. The average molecular weight is 1450 g/mol. The van der Waals surface area contributed by atoms with Crippen molar-refractivity contribution in [3.8, 4) is 57.1 Å². The van der Waals surface area contributed by atoms with Crippen molar-refractivity contribution in [2.75, 3.05) is 13.7 Å². The van der Waals surface area contributed by atoms with E-state index in [1.807, 2.05) is 13.8 Å². The number of aliphatic carboxylic acids is 2. The number of rotatable bonds is 12. The van der Waals surface area contributed by atoms with E-state index < -0.39 is 242 Å². The van der Waals surface area contributed by atoms with Gasteiger partial charge in [-0.2, -0.15) is 0 Å². The summed E-state index contributed by atoms with van der Waals surface area (Å²) in [6, 6.07) is -0.942. The molecule has 20 N–H and O–H groups in total. The number of nitrogens with one attached hydrogen (secondary N) is 7. The lowest BCUT2D eigenvalue weighted by Crippen LogP contribution is -2.64. The van der Waals surface area contributed by atoms with Crippen LogP contribution in [0, 0.1) is 5.92 Å². The van der Waals surface area contributed by atoms with Crippen molar-refractivity contribution in [2.24, 2.45) is 11.7 Å². The van der Waals surface area contributed by atoms with Gasteiger partial charge in [0.25, 0.3) is 0 Å². The summed E-state index contributed by atoms with van der Waals surface area (Å²) in [5, 5.41) is 141. The molecule has 7 aliphatic rings. The number of aromatic hydroxyl groups is 3. The number of carboxylic acids is 2. The molecule has 0 aliphatic carbocycles. The lowest BCUT2D eigenvalue weighted by molar-refractivity contribution is -0.333. The molecule has 5 aromatic rings. The van der Waals surface area contributed by atoms with Crippen LogP contribution in [0.4, 0.5) is 0 Å². The predicted octanol–water partition coefficient (Wildman–Crippen LogP) is 0.706. The Labute approximate surface area is 583 Å². The summed E-state index contributed by atoms with van der Waals surface area (Å²) < 4.78 is 38.2. The third-order valence-electron chi connectivity index (χ3n) is 17.8. The molecule has 12 rings (SSSR count). The van der Waals surface area contributed by atoms with Crippen LogP contribution < -0.4 is 57.2 Å². The van der Waals surface area contributed by atoms with Crippen molar-refractivity contribution in [2.45, 2.75) is 156 Å². The first kappa shape index (κ1) is 74.5. The number of amides is 6. The van der Waals surface area contributed by atoms with E-state index in [1.165, 1.54) is 27.0 Å². The van der Waals surface area contributed by atoms with E-state index in [0.717, 1.165) is 72.8 Å². The Morgan fingerprint density at radius 3 is 1.90 bits per heavy atom. The number of phenols is 3. The number of aliphatic hydroxyl groups is 6. The van der Waals surface area contributed by atoms with Gasteiger partial charge in [-0.05, 0) is 110 Å². The molecule has 0 aromatic heterocycles. The zero-order valence-corrected chi connectivity index (χ0v) is 55.7. The maximum absolute atomic E-state index is 15.9. The van der Waals surface area contributed by atoms with Gasteiger partial charge in [0, 0.05) is 34.7 Å². The fraction of sp³-hybridized carbons (Fsp3) is 0.424. The molecule has 5 aromatic carbocycles. The quantitative estimate of drug-likeness (QED) is 0.0817. The summed E-state index contributed by atoms with van der Waals surface area (Å²) in [7, 11) is 1.46. The highest BCUT2D eigenvalue weighted by molar-refractivity contribution is 6.32. The summed E-state index contributed by atoms with van der Waals surface area (Å²) in [4.78, 5) is 116. The van der Waals surface area contributed by atoms with Crippen LogP contribution in [0.25, 0.3) is 11.1 Å². The normalized spacial score (nSPS) is 29.6. The smallest absolute Gasteiger partial charge is 0.330 e. The summed E-state index contributed by atoms with van der Waals surface area (Å²) in [6.45, 7) is 5.63. The average Bonchev–Trinajstić information content (AvgIpc) is 0.953. The standard InChI is InChI=1S/C66H74Cl2N8O25/c1-23(2)12-34(70-5)58(87)75-49-51(82)26-7-10-38(32(67)14-26)97-40-16-28-17-41(55(40)101-65-56(54(85)53(84)42(22-77)99-65)100-44-21-66(4,69)57(86)24(3)96-44)98-39-11-8-27(15-33(39)68)52(83)50-62(91)74-48(64(94)95)31-18-29(78)19-37(80)45(31)30-13-25(6-9-36(30)79)46(59(88)76-50)73-60(89)47(28)72-43(81)20-35(63(92)93)71-61(49)90/h6-11,13-19,23-24,34-35,42,44,46-54,56-57,65,70,77-80,82-86H,12,20-22,69H2,1-5H3,(H,71,90)(H,72,81)(H,73,89)(H,74,91)(H,75,87)(H,76,88)(H,92,93)(H,94,95)/t24-,34+,35?,42+,44-,46+,47+,48?,49+,50-,51+,52+,53+,54-,56+,57+,65-,66-/m0/s1. The molecule has 0 saturated carbocycles. The number of phenolic OH excluding ortho intramolecular Hbond substituents is 3. The van der Waals surface area contributed by atoms with Crippen LogP contribution in [-0.4, -0.2) is 196 Å². The zero-order chi connectivity index (χ0) is 73.5. The number of benzene rings is 5. The first-order chi connectivity index (χ1) is 47.7. The van der Waals surface area contributed by atoms with E-state index in [2.05, 4.69) is 37.2 Å². The summed E-state index contributed by atoms with van der Waals surface area (Å²) in [6.07, 6.45) is -18.8. The number of nitrogens with two attached hydrogens (primary N) is 1. The molecule has 2 fully saturated rings. The van der Waals surface area contributed by atoms with Crippen molar-refractivity contribution in [1.82, 2.24) is 37.2 Å². The highest BCUT2D eigenvalue weighted by Gasteiger charge is 2.51. The molecule has 0 spiro atoms. The van der Waals surface area contributed by atoms with Crippen molar-refractivity contribution in [3.63, 3.8) is 0 Å². The van der Waals surface area contributed by atoms with Gasteiger partial charge >= 0.3 is 11.9 Å². The molecule has 7 aliphatic heterocycles. The minimum absolute atomic E-state index is 0.0991. The predicted molar refractivity (Wildman–Crippen MR) is 348 cm³/mol. The molecule has 0 radical (unpaired) electrons. The van der Waals surface area contributed by atoms with Crippen LogP contribution in [0.1, 0.15) is 105 Å². The van der Waals surface area contributed by atoms with Gasteiger partial charge in [0.2, 0.25) is 47.5 Å². The van der Waals surface area contributed by atoms with Gasteiger partial charge in [-0.3, -0.25) is 28.8 Å². The van der Waals surface area contributed by atoms with E-state index in [-0.39, 0.29) is 41.2 Å². The summed E-state index contributed by atoms with van der Waals surface area (Å²) >= 11 is 14.1. The first-order valence-corrected chi connectivity index (χ1v) is 32.3. The highest BCUT2D eigenvalue weighted by atomic mass is 35.5. The Hall–Kier alpha value is -9.20. The Kier molecular flexibility index (Phi) is 22.2. The fourth-order valence-corrected chi connectivity index (χ4v) is 12.9. The van der Waals surface area contributed by atoms with Crippen LogP contribution in [0.5, 0.6) is 46.0 Å². The van der Waals surface area contributed by atoms with Crippen molar-refractivity contribution in [1.29, 1.82) is 0 Å². The third kappa shape index (κ3) is 15.8. The second-order valence-corrected chi connectivity index (χ2v) is 26.5. The molecule has 11 bridgehead atoms. The van der Waals surface area contributed by atoms with Gasteiger partial charge in [-0.1, -0.05) is 55.2 Å². The number of carbonyl (C=O) groups is 8. The molecule has 33 nitrogen and oxygen atoms in total. The first-order valence-electron chi connectivity index (χ1n) is 31.6. The molecular weight excluding hydrogens is 1380 g/mol. The summed E-state index contributed by atoms with van der Waals surface area (Å²) in [5.74, 6) is -16.7. The minimum Gasteiger partial charge on any atom is -0.508 e. The van der Waals surface area contributed by atoms with Gasteiger partial charge in [-0.15, -0.1) is 0 Å². The van der Waals surface area contributed by atoms with Crippen molar-refractivity contribution in [3.05, 3.63) is 117 Å². The molecular formula is C66H74Cl2N8O25. The van der Waals surface area contributed by atoms with Gasteiger partial charge < -0.3 is 128 Å². The lowest BCUT2D eigenvalue weighted by Gasteiger charge is -2.47. The van der Waals surface area contributed by atoms with E-state index in [1.54, 1.807) is 0 Å². The van der Waals surface area contributed by atoms with Crippen molar-refractivity contribution < 1.29 is 123 Å². The molecule has 542 valence electrons. The number of likely N-dealkylation sites (N-methyl/N-ethyl adjacent to an activating group) is 1. The lowest BCUT2D eigenvalue weighted by atomic mass is 9.86. The van der Waals surface area contributed by atoms with Crippen molar-refractivity contribution >= 4 is 70.6 Å². The third-order valence-corrected chi connectivity index (χ3v) is 18.3. The SMILES string of the molecule is CN[C@H](CC(C)C)C(=O)N[C@H]1C(=O)NC(C(=O)O)CC(=O)N[C@H]2C(=O)N[C@H]3C(=O)N[C@H](C(=O)NC(C(=O)O)c4cc(O)cc(O)c4-c4cc3ccc4O)[C@H](O)c3ccc(c(Cl)c3)Oc3cc2cc(c3O[C@@H]2O[C@H](CO)[C@@H](O)[C@H](O)[C@H]2O[C@H]2C[C@](C)(N)[C@H](O)[C@H](C)O2)Oc2ccc(cc2Cl)[C@H]1O. The van der Waals surface area contributed by atoms with Gasteiger partial charge in [0.1, 0.15) is 89.5 Å². The fourth-order valence-electron chi connectivity index (χ4n) is 12.4. The molecule has 18 atom stereocenters.